The summed E-state index contributed by atoms with van der Waals surface area (Å²) in [6.07, 6.45) is 18.2. The maximum Gasteiger partial charge on any atom is 0.248 e. The molecule has 0 spiro atoms. The molecule has 0 aromatic rings. The molecular weight excluding hydrogens is 451 g/mol. The zero-order chi connectivity index (χ0) is 28.9. The van der Waals surface area contributed by atoms with Crippen LogP contribution in [-0.2, 0) is 14.2 Å². The highest BCUT2D eigenvalue weighted by Crippen LogP contribution is 2.59. The van der Waals surface area contributed by atoms with E-state index in [9.17, 15) is 14.2 Å². The normalized spacial score (nSPS) is 12.9. The summed E-state index contributed by atoms with van der Waals surface area (Å²) in [4.78, 5) is 26.4. The number of carbonyl (C=O) groups excluding carboxylic acids is 2. The van der Waals surface area contributed by atoms with Crippen molar-refractivity contribution in [1.29, 1.82) is 0 Å². The van der Waals surface area contributed by atoms with E-state index in [1.165, 1.54) is 42.5 Å². The van der Waals surface area contributed by atoms with Crippen LogP contribution in [0.15, 0.2) is 109 Å². The largest absolute Gasteiger partial charge is 0.302 e. The summed E-state index contributed by atoms with van der Waals surface area (Å²) < 4.78 is 13.9. The quantitative estimate of drug-likeness (QED) is 0.160. The Morgan fingerprint density at radius 2 is 1.03 bits per heavy atom. The van der Waals surface area contributed by atoms with Crippen LogP contribution in [0.4, 0.5) is 0 Å². The molecule has 0 bridgehead atoms. The zero-order valence-corrected chi connectivity index (χ0v) is 25.1. The van der Waals surface area contributed by atoms with Crippen LogP contribution in [0.3, 0.4) is 0 Å². The minimum atomic E-state index is -4.20. The van der Waals surface area contributed by atoms with Crippen LogP contribution in [0.2, 0.25) is 0 Å². The molecule has 0 aromatic heterocycles. The van der Waals surface area contributed by atoms with Crippen molar-refractivity contribution in [3.05, 3.63) is 109 Å². The third-order valence-electron chi connectivity index (χ3n) is 3.43. The molecule has 3 nitrogen and oxygen atoms in total. The number of hydrogen-bond donors (Lipinski definition) is 0. The highest BCUT2D eigenvalue weighted by molar-refractivity contribution is 7.98. The van der Waals surface area contributed by atoms with E-state index in [4.69, 9.17) is 0 Å². The number of hydrogen-bond acceptors (Lipinski definition) is 3. The molecule has 0 radical (unpaired) electrons. The Hall–Kier alpha value is -2.77. The van der Waals surface area contributed by atoms with Crippen molar-refractivity contribution < 1.29 is 14.2 Å². The Morgan fingerprint density at radius 3 is 1.37 bits per heavy atom. The molecular formula is C31H51O3P. The summed E-state index contributed by atoms with van der Waals surface area (Å²) in [6, 6.07) is 0. The average molecular weight is 503 g/mol. The van der Waals surface area contributed by atoms with Crippen LogP contribution in [0, 0.1) is 0 Å². The minimum Gasteiger partial charge on any atom is -0.302 e. The smallest absolute Gasteiger partial charge is 0.248 e. The van der Waals surface area contributed by atoms with E-state index in [0.29, 0.717) is 0 Å². The third kappa shape index (κ3) is 15.7. The summed E-state index contributed by atoms with van der Waals surface area (Å²) in [5.74, 6) is 0. The topological polar surface area (TPSA) is 51.2 Å². The second-order valence-corrected chi connectivity index (χ2v) is 7.80. The third-order valence-corrected chi connectivity index (χ3v) is 6.15. The molecule has 0 fully saturated rings. The summed E-state index contributed by atoms with van der Waals surface area (Å²) in [5.41, 5.74) is -1.33. The summed E-state index contributed by atoms with van der Waals surface area (Å²) in [6.45, 7) is 32.1. The lowest BCUT2D eigenvalue weighted by atomic mass is 10.2. The van der Waals surface area contributed by atoms with Gasteiger partial charge in [0.15, 0.2) is 0 Å². The maximum absolute atomic E-state index is 13.9. The van der Waals surface area contributed by atoms with Gasteiger partial charge in [-0.25, -0.2) is 0 Å². The number of rotatable bonds is 11. The molecule has 1 unspecified atom stereocenters. The molecule has 0 saturated carbocycles. The van der Waals surface area contributed by atoms with Gasteiger partial charge in [-0.3, -0.25) is 9.59 Å². The predicted octanol–water partition coefficient (Wildman–Crippen LogP) is 10.5. The van der Waals surface area contributed by atoms with Crippen LogP contribution in [0.1, 0.15) is 76.2 Å². The molecule has 0 heterocycles. The van der Waals surface area contributed by atoms with Crippen molar-refractivity contribution >= 4 is 18.2 Å². The van der Waals surface area contributed by atoms with Crippen molar-refractivity contribution in [3.63, 3.8) is 0 Å². The molecule has 0 aromatic carbocycles. The molecule has 0 amide bonds. The number of allylic oxidation sites excluding steroid dienone is 15. The van der Waals surface area contributed by atoms with Crippen LogP contribution in [-0.4, -0.2) is 11.0 Å². The van der Waals surface area contributed by atoms with Gasteiger partial charge in [0, 0.05) is 16.5 Å². The van der Waals surface area contributed by atoms with E-state index in [1.807, 2.05) is 55.4 Å². The average Bonchev–Trinajstić information content (AvgIpc) is 2.93. The van der Waals surface area contributed by atoms with E-state index in [0.717, 1.165) is 0 Å². The maximum atomic E-state index is 13.9. The van der Waals surface area contributed by atoms with E-state index in [-0.39, 0.29) is 16.5 Å². The van der Waals surface area contributed by atoms with Crippen molar-refractivity contribution in [2.45, 2.75) is 76.2 Å². The molecule has 4 heteroatoms. The lowest BCUT2D eigenvalue weighted by Gasteiger charge is -2.18. The van der Waals surface area contributed by atoms with Gasteiger partial charge in [0.1, 0.15) is 0 Å². The highest BCUT2D eigenvalue weighted by Gasteiger charge is 2.43. The fraction of sp³-hybridized carbons (Fsp3) is 0.355. The van der Waals surface area contributed by atoms with Crippen LogP contribution >= 0.6 is 7.14 Å². The minimum absolute atomic E-state index is 0.0725. The Balaban J connectivity index is -0.000000337. The van der Waals surface area contributed by atoms with E-state index < -0.39 is 18.2 Å². The van der Waals surface area contributed by atoms with Crippen molar-refractivity contribution in [2.75, 3.05) is 0 Å². The van der Waals surface area contributed by atoms with Crippen molar-refractivity contribution in [1.82, 2.24) is 0 Å². The van der Waals surface area contributed by atoms with Gasteiger partial charge < -0.3 is 4.57 Å². The first-order valence-electron chi connectivity index (χ1n) is 12.5. The van der Waals surface area contributed by atoms with E-state index in [2.05, 4.69) is 19.7 Å². The Kier molecular flexibility index (Phi) is 37.8. The lowest BCUT2D eigenvalue weighted by Crippen LogP contribution is -2.14. The SMILES string of the molecule is C=C/C=C(\C=C/C)C(=O)P(=O)(C(=O)/C(C=C)=C/C=C\C)/C(C=C)=C/C=C\C.CC.CC.CC.CC. The first-order chi connectivity index (χ1) is 16.9. The van der Waals surface area contributed by atoms with E-state index >= 15 is 0 Å². The van der Waals surface area contributed by atoms with Crippen LogP contribution in [0.5, 0.6) is 0 Å². The Morgan fingerprint density at radius 1 is 0.600 bits per heavy atom. The summed E-state index contributed by atoms with van der Waals surface area (Å²) in [7, 11) is -4.20. The van der Waals surface area contributed by atoms with Gasteiger partial charge in [0.2, 0.25) is 18.2 Å². The molecule has 35 heavy (non-hydrogen) atoms. The van der Waals surface area contributed by atoms with Gasteiger partial charge in [0.05, 0.1) is 0 Å². The monoisotopic (exact) mass is 502 g/mol. The van der Waals surface area contributed by atoms with Gasteiger partial charge in [-0.15, -0.1) is 0 Å². The first-order valence-corrected chi connectivity index (χ1v) is 14.2. The molecule has 0 aliphatic rings. The molecule has 0 aliphatic heterocycles. The van der Waals surface area contributed by atoms with Gasteiger partial charge in [-0.05, 0) is 20.8 Å². The van der Waals surface area contributed by atoms with Crippen molar-refractivity contribution in [2.24, 2.45) is 0 Å². The van der Waals surface area contributed by atoms with Gasteiger partial charge >= 0.3 is 0 Å². The molecule has 1 atom stereocenters. The summed E-state index contributed by atoms with van der Waals surface area (Å²) >= 11 is 0. The first kappa shape index (κ1) is 42.4. The Labute approximate surface area is 217 Å². The Bertz CT molecular complexity index is 829. The standard InChI is InChI=1S/C23H27O3P.4C2H6/c1-7-13-17-19(11-5)22(24)27(26,21(12-6)18-14-8-2)23(25)20(15-9-3)16-10-4;4*1-2/h7-18H,3,5-6H2,1-2,4H3;4*1-2H3/b13-7-,14-8-,16-10-,19-17+,20-15+,21-18+;;;;. The molecule has 0 N–H and O–H groups in total. The lowest BCUT2D eigenvalue weighted by molar-refractivity contribution is -0.111. The van der Waals surface area contributed by atoms with Crippen LogP contribution in [0.25, 0.3) is 0 Å². The molecule has 198 valence electrons. The second kappa shape index (κ2) is 31.2. The fourth-order valence-corrected chi connectivity index (χ4v) is 4.37. The molecule has 0 aliphatic carbocycles. The molecule has 0 saturated heterocycles. The summed E-state index contributed by atoms with van der Waals surface area (Å²) in [5, 5.41) is 0.0725. The highest BCUT2D eigenvalue weighted by atomic mass is 31.2. The number of carbonyl (C=O) groups is 2. The zero-order valence-electron chi connectivity index (χ0n) is 24.2. The predicted molar refractivity (Wildman–Crippen MR) is 162 cm³/mol. The van der Waals surface area contributed by atoms with Gasteiger partial charge in [-0.2, -0.15) is 0 Å². The van der Waals surface area contributed by atoms with Crippen LogP contribution < -0.4 is 0 Å². The fourth-order valence-electron chi connectivity index (χ4n) is 2.12. The molecule has 0 rings (SSSR count). The second-order valence-electron chi connectivity index (χ2n) is 5.25. The van der Waals surface area contributed by atoms with E-state index in [1.54, 1.807) is 51.2 Å². The van der Waals surface area contributed by atoms with Gasteiger partial charge in [0.25, 0.3) is 0 Å². The van der Waals surface area contributed by atoms with Crippen molar-refractivity contribution in [3.8, 4) is 0 Å². The van der Waals surface area contributed by atoms with Gasteiger partial charge in [-0.1, -0.05) is 148 Å².